The zero-order valence-corrected chi connectivity index (χ0v) is 12.9. The molecule has 0 spiro atoms. The molecule has 2 aliphatic rings. The van der Waals surface area contributed by atoms with E-state index in [0.717, 1.165) is 29.6 Å². The van der Waals surface area contributed by atoms with Crippen molar-refractivity contribution >= 4 is 0 Å². The van der Waals surface area contributed by atoms with Gasteiger partial charge in [0.25, 0.3) is 0 Å². The Balaban J connectivity index is 1.89. The largest absolute Gasteiger partial charge is 0.314 e. The number of hydrogen-bond acceptors (Lipinski definition) is 1. The monoisotopic (exact) mass is 251 g/mol. The predicted molar refractivity (Wildman–Crippen MR) is 79.6 cm³/mol. The number of nitrogens with one attached hydrogen (secondary N) is 1. The molecule has 0 aromatic heterocycles. The van der Waals surface area contributed by atoms with Crippen molar-refractivity contribution in [3.63, 3.8) is 0 Å². The van der Waals surface area contributed by atoms with Crippen LogP contribution in [0.3, 0.4) is 0 Å². The van der Waals surface area contributed by atoms with Gasteiger partial charge in [0.1, 0.15) is 0 Å². The summed E-state index contributed by atoms with van der Waals surface area (Å²) in [4.78, 5) is 0. The molecule has 4 atom stereocenters. The van der Waals surface area contributed by atoms with E-state index >= 15 is 0 Å². The average molecular weight is 251 g/mol. The third kappa shape index (κ3) is 3.73. The second-order valence-electron chi connectivity index (χ2n) is 7.60. The van der Waals surface area contributed by atoms with Crippen LogP contribution in [0.2, 0.25) is 0 Å². The van der Waals surface area contributed by atoms with E-state index in [1.165, 1.54) is 45.1 Å². The lowest BCUT2D eigenvalue weighted by Crippen LogP contribution is -2.34. The molecule has 0 radical (unpaired) electrons. The Morgan fingerprint density at radius 3 is 2.28 bits per heavy atom. The lowest BCUT2D eigenvalue weighted by Gasteiger charge is -2.37. The molecule has 0 saturated heterocycles. The summed E-state index contributed by atoms with van der Waals surface area (Å²) in [6.07, 6.45) is 8.95. The molecule has 0 aromatic rings. The zero-order valence-electron chi connectivity index (χ0n) is 12.9. The maximum absolute atomic E-state index is 3.68. The summed E-state index contributed by atoms with van der Waals surface area (Å²) in [5.41, 5.74) is 0. The average Bonchev–Trinajstić information content (AvgIpc) is 2.72. The number of rotatable bonds is 4. The van der Waals surface area contributed by atoms with Crippen LogP contribution < -0.4 is 5.32 Å². The van der Waals surface area contributed by atoms with Gasteiger partial charge in [0.2, 0.25) is 0 Å². The second kappa shape index (κ2) is 6.41. The quantitative estimate of drug-likeness (QED) is 0.777. The molecule has 1 nitrogen and oxygen atoms in total. The van der Waals surface area contributed by atoms with Crippen molar-refractivity contribution < 1.29 is 0 Å². The maximum atomic E-state index is 3.68. The molecule has 0 aromatic carbocycles. The van der Waals surface area contributed by atoms with Crippen LogP contribution >= 0.6 is 0 Å². The van der Waals surface area contributed by atoms with Gasteiger partial charge in [-0.25, -0.2) is 0 Å². The van der Waals surface area contributed by atoms with Gasteiger partial charge in [-0.05, 0) is 68.2 Å². The summed E-state index contributed by atoms with van der Waals surface area (Å²) in [5, 5.41) is 3.68. The van der Waals surface area contributed by atoms with E-state index in [2.05, 4.69) is 33.0 Å². The summed E-state index contributed by atoms with van der Waals surface area (Å²) in [7, 11) is 0. The Morgan fingerprint density at radius 2 is 1.67 bits per heavy atom. The van der Waals surface area contributed by atoms with Crippen LogP contribution in [0.15, 0.2) is 0 Å². The Labute approximate surface area is 114 Å². The van der Waals surface area contributed by atoms with Gasteiger partial charge in [0.15, 0.2) is 0 Å². The van der Waals surface area contributed by atoms with Crippen LogP contribution in [-0.4, -0.2) is 12.6 Å². The van der Waals surface area contributed by atoms with E-state index in [1.807, 2.05) is 0 Å². The van der Waals surface area contributed by atoms with Crippen molar-refractivity contribution in [3.05, 3.63) is 0 Å². The summed E-state index contributed by atoms with van der Waals surface area (Å²) < 4.78 is 0. The fourth-order valence-corrected chi connectivity index (χ4v) is 4.69. The lowest BCUT2D eigenvalue weighted by atomic mass is 9.69. The fraction of sp³-hybridized carbons (Fsp3) is 1.00. The van der Waals surface area contributed by atoms with Gasteiger partial charge in [0, 0.05) is 6.04 Å². The first kappa shape index (κ1) is 14.4. The van der Waals surface area contributed by atoms with E-state index in [1.54, 1.807) is 0 Å². The Kier molecular flexibility index (Phi) is 5.12. The van der Waals surface area contributed by atoms with Gasteiger partial charge >= 0.3 is 0 Å². The molecule has 4 unspecified atom stereocenters. The van der Waals surface area contributed by atoms with Gasteiger partial charge in [-0.15, -0.1) is 0 Å². The summed E-state index contributed by atoms with van der Waals surface area (Å²) in [6, 6.07) is 0.649. The molecule has 0 heterocycles. The molecular formula is C17H33N. The molecule has 2 fully saturated rings. The van der Waals surface area contributed by atoms with E-state index in [-0.39, 0.29) is 0 Å². The SMILES string of the molecule is CC1CC(C)CC(C2CCCC2CNC(C)C)C1. The van der Waals surface area contributed by atoms with Crippen LogP contribution in [0.5, 0.6) is 0 Å². The van der Waals surface area contributed by atoms with Crippen molar-refractivity contribution in [2.45, 2.75) is 72.3 Å². The van der Waals surface area contributed by atoms with E-state index < -0.39 is 0 Å². The maximum Gasteiger partial charge on any atom is 0.00104 e. The van der Waals surface area contributed by atoms with Crippen molar-refractivity contribution in [2.75, 3.05) is 6.54 Å². The zero-order chi connectivity index (χ0) is 13.1. The minimum atomic E-state index is 0.649. The minimum absolute atomic E-state index is 0.649. The molecular weight excluding hydrogens is 218 g/mol. The molecule has 106 valence electrons. The van der Waals surface area contributed by atoms with Crippen LogP contribution in [0.4, 0.5) is 0 Å². The first-order valence-corrected chi connectivity index (χ1v) is 8.29. The highest BCUT2D eigenvalue weighted by Gasteiger charge is 2.36. The molecule has 1 heteroatoms. The molecule has 1 N–H and O–H groups in total. The molecule has 0 amide bonds. The van der Waals surface area contributed by atoms with Crippen LogP contribution in [0, 0.1) is 29.6 Å². The minimum Gasteiger partial charge on any atom is -0.314 e. The normalized spacial score (nSPS) is 41.5. The smallest absolute Gasteiger partial charge is 0.00104 e. The summed E-state index contributed by atoms with van der Waals surface area (Å²) in [6.45, 7) is 10.8. The van der Waals surface area contributed by atoms with Crippen molar-refractivity contribution in [1.82, 2.24) is 5.32 Å². The molecule has 2 saturated carbocycles. The van der Waals surface area contributed by atoms with E-state index in [9.17, 15) is 0 Å². The third-order valence-electron chi connectivity index (χ3n) is 5.33. The van der Waals surface area contributed by atoms with Gasteiger partial charge in [0.05, 0.1) is 0 Å². The molecule has 2 aliphatic carbocycles. The third-order valence-corrected chi connectivity index (χ3v) is 5.33. The first-order chi connectivity index (χ1) is 8.56. The Morgan fingerprint density at radius 1 is 1.00 bits per heavy atom. The fourth-order valence-electron chi connectivity index (χ4n) is 4.69. The molecule has 0 aliphatic heterocycles. The van der Waals surface area contributed by atoms with E-state index in [4.69, 9.17) is 0 Å². The van der Waals surface area contributed by atoms with Crippen molar-refractivity contribution in [1.29, 1.82) is 0 Å². The standard InChI is InChI=1S/C17H33N/c1-12(2)18-11-15-6-5-7-17(15)16-9-13(3)8-14(4)10-16/h12-18H,5-11H2,1-4H3. The van der Waals surface area contributed by atoms with Crippen LogP contribution in [-0.2, 0) is 0 Å². The van der Waals surface area contributed by atoms with Gasteiger partial charge < -0.3 is 5.32 Å². The Bertz CT molecular complexity index is 238. The van der Waals surface area contributed by atoms with Gasteiger partial charge in [-0.3, -0.25) is 0 Å². The second-order valence-corrected chi connectivity index (χ2v) is 7.60. The summed E-state index contributed by atoms with van der Waals surface area (Å²) >= 11 is 0. The molecule has 0 bridgehead atoms. The molecule has 2 rings (SSSR count). The highest BCUT2D eigenvalue weighted by Crippen LogP contribution is 2.45. The van der Waals surface area contributed by atoms with Crippen molar-refractivity contribution in [3.8, 4) is 0 Å². The van der Waals surface area contributed by atoms with Crippen molar-refractivity contribution in [2.24, 2.45) is 29.6 Å². The molecule has 18 heavy (non-hydrogen) atoms. The Hall–Kier alpha value is -0.0400. The van der Waals surface area contributed by atoms with Crippen LogP contribution in [0.25, 0.3) is 0 Å². The van der Waals surface area contributed by atoms with Gasteiger partial charge in [-0.2, -0.15) is 0 Å². The topological polar surface area (TPSA) is 12.0 Å². The first-order valence-electron chi connectivity index (χ1n) is 8.29. The van der Waals surface area contributed by atoms with Crippen LogP contribution in [0.1, 0.15) is 66.2 Å². The summed E-state index contributed by atoms with van der Waals surface area (Å²) in [5.74, 6) is 4.97. The highest BCUT2D eigenvalue weighted by atomic mass is 14.9. The number of hydrogen-bond donors (Lipinski definition) is 1. The van der Waals surface area contributed by atoms with Gasteiger partial charge in [-0.1, -0.05) is 34.1 Å². The lowest BCUT2D eigenvalue weighted by molar-refractivity contribution is 0.133. The highest BCUT2D eigenvalue weighted by molar-refractivity contribution is 4.88. The van der Waals surface area contributed by atoms with E-state index in [0.29, 0.717) is 6.04 Å². The predicted octanol–water partition coefficient (Wildman–Crippen LogP) is 4.47.